The van der Waals surface area contributed by atoms with Gasteiger partial charge in [-0.1, -0.05) is 18.2 Å². The van der Waals surface area contributed by atoms with Crippen molar-refractivity contribution in [2.75, 3.05) is 13.7 Å². The van der Waals surface area contributed by atoms with E-state index in [4.69, 9.17) is 10.5 Å². The highest BCUT2D eigenvalue weighted by Gasteiger charge is 2.37. The molecule has 1 aliphatic rings. The van der Waals surface area contributed by atoms with Gasteiger partial charge in [-0.3, -0.25) is 0 Å². The standard InChI is InChI=1S/C18H18BrFN2O/c1-11-7-12(4-6-16(11)23-2)18(9-17(21)22-10-18)13-3-5-15(20)14(19)8-13/h3-9,22H,10,21H2,1-2H3/t18-/m0/s1. The second-order valence-corrected chi connectivity index (χ2v) is 6.59. The fourth-order valence-electron chi connectivity index (χ4n) is 3.08. The van der Waals surface area contributed by atoms with Crippen molar-refractivity contribution in [2.45, 2.75) is 12.3 Å². The summed E-state index contributed by atoms with van der Waals surface area (Å²) in [6, 6.07) is 11.2. The minimum Gasteiger partial charge on any atom is -0.496 e. The molecule has 23 heavy (non-hydrogen) atoms. The Morgan fingerprint density at radius 1 is 1.22 bits per heavy atom. The number of rotatable bonds is 3. The maximum absolute atomic E-state index is 13.6. The van der Waals surface area contributed by atoms with Crippen LogP contribution in [0.25, 0.3) is 0 Å². The lowest BCUT2D eigenvalue weighted by molar-refractivity contribution is 0.411. The number of benzene rings is 2. The van der Waals surface area contributed by atoms with Crippen LogP contribution in [0.4, 0.5) is 4.39 Å². The highest BCUT2D eigenvalue weighted by Crippen LogP contribution is 2.39. The van der Waals surface area contributed by atoms with Crippen LogP contribution < -0.4 is 15.8 Å². The number of methoxy groups -OCH3 is 1. The van der Waals surface area contributed by atoms with E-state index in [0.717, 1.165) is 22.4 Å². The summed E-state index contributed by atoms with van der Waals surface area (Å²) in [6.07, 6.45) is 1.99. The summed E-state index contributed by atoms with van der Waals surface area (Å²) in [5, 5.41) is 3.19. The third kappa shape index (κ3) is 2.70. The van der Waals surface area contributed by atoms with E-state index in [1.54, 1.807) is 13.2 Å². The summed E-state index contributed by atoms with van der Waals surface area (Å²) >= 11 is 3.27. The van der Waals surface area contributed by atoms with Gasteiger partial charge in [-0.15, -0.1) is 0 Å². The van der Waals surface area contributed by atoms with Gasteiger partial charge in [0.25, 0.3) is 0 Å². The average Bonchev–Trinajstić information content (AvgIpc) is 2.93. The first-order chi connectivity index (χ1) is 11.0. The van der Waals surface area contributed by atoms with Gasteiger partial charge < -0.3 is 15.8 Å². The quantitative estimate of drug-likeness (QED) is 0.860. The van der Waals surface area contributed by atoms with Crippen LogP contribution in [0.3, 0.4) is 0 Å². The fourth-order valence-corrected chi connectivity index (χ4v) is 3.45. The third-order valence-electron chi connectivity index (χ3n) is 4.32. The fraction of sp³-hybridized carbons (Fsp3) is 0.222. The Bertz CT molecular complexity index is 791. The lowest BCUT2D eigenvalue weighted by Gasteiger charge is -2.29. The SMILES string of the molecule is COc1ccc([C@]2(c3ccc(F)c(Br)c3)C=C(N)NC2)cc1C. The lowest BCUT2D eigenvalue weighted by atomic mass is 9.75. The normalized spacial score (nSPS) is 20.1. The summed E-state index contributed by atoms with van der Waals surface area (Å²) in [5.41, 5.74) is 8.66. The number of ether oxygens (including phenoxy) is 1. The van der Waals surface area contributed by atoms with Gasteiger partial charge in [0.1, 0.15) is 11.6 Å². The molecule has 3 N–H and O–H groups in total. The van der Waals surface area contributed by atoms with Crippen LogP contribution in [0.2, 0.25) is 0 Å². The average molecular weight is 377 g/mol. The summed E-state index contributed by atoms with van der Waals surface area (Å²) in [4.78, 5) is 0. The lowest BCUT2D eigenvalue weighted by Crippen LogP contribution is -2.31. The molecule has 0 aromatic heterocycles. The summed E-state index contributed by atoms with van der Waals surface area (Å²) < 4.78 is 19.4. The third-order valence-corrected chi connectivity index (χ3v) is 4.93. The predicted octanol–water partition coefficient (Wildman–Crippen LogP) is 3.59. The molecule has 0 saturated heterocycles. The summed E-state index contributed by atoms with van der Waals surface area (Å²) in [6.45, 7) is 2.63. The smallest absolute Gasteiger partial charge is 0.137 e. The molecule has 2 aromatic rings. The molecule has 0 spiro atoms. The molecule has 1 aliphatic heterocycles. The largest absolute Gasteiger partial charge is 0.496 e. The molecule has 0 aliphatic carbocycles. The maximum Gasteiger partial charge on any atom is 0.137 e. The Labute approximate surface area is 143 Å². The van der Waals surface area contributed by atoms with E-state index in [-0.39, 0.29) is 5.82 Å². The van der Waals surface area contributed by atoms with Crippen LogP contribution >= 0.6 is 15.9 Å². The molecule has 2 aromatic carbocycles. The maximum atomic E-state index is 13.6. The minimum absolute atomic E-state index is 0.280. The van der Waals surface area contributed by atoms with Crippen LogP contribution in [0.1, 0.15) is 16.7 Å². The van der Waals surface area contributed by atoms with Crippen LogP contribution in [0.15, 0.2) is 52.8 Å². The predicted molar refractivity (Wildman–Crippen MR) is 92.9 cm³/mol. The molecular formula is C18H18BrFN2O. The number of halogens is 2. The molecule has 3 nitrogen and oxygen atoms in total. The Morgan fingerprint density at radius 2 is 1.91 bits per heavy atom. The van der Waals surface area contributed by atoms with Gasteiger partial charge in [-0.2, -0.15) is 0 Å². The van der Waals surface area contributed by atoms with Crippen molar-refractivity contribution in [3.8, 4) is 5.75 Å². The van der Waals surface area contributed by atoms with E-state index in [2.05, 4.69) is 27.3 Å². The van der Waals surface area contributed by atoms with E-state index >= 15 is 0 Å². The Kier molecular flexibility index (Phi) is 4.06. The summed E-state index contributed by atoms with van der Waals surface area (Å²) in [7, 11) is 1.66. The molecule has 120 valence electrons. The molecule has 1 atom stereocenters. The zero-order valence-corrected chi connectivity index (χ0v) is 14.6. The topological polar surface area (TPSA) is 47.3 Å². The first kappa shape index (κ1) is 15.9. The van der Waals surface area contributed by atoms with Gasteiger partial charge in [0.15, 0.2) is 0 Å². The van der Waals surface area contributed by atoms with Crippen molar-refractivity contribution >= 4 is 15.9 Å². The Morgan fingerprint density at radius 3 is 2.48 bits per heavy atom. The number of nitrogens with one attached hydrogen (secondary N) is 1. The highest BCUT2D eigenvalue weighted by atomic mass is 79.9. The number of aryl methyl sites for hydroxylation is 1. The van der Waals surface area contributed by atoms with Crippen LogP contribution in [0.5, 0.6) is 5.75 Å². The molecule has 5 heteroatoms. The van der Waals surface area contributed by atoms with E-state index in [1.807, 2.05) is 31.2 Å². The van der Waals surface area contributed by atoms with E-state index < -0.39 is 5.41 Å². The zero-order valence-electron chi connectivity index (χ0n) is 13.0. The van der Waals surface area contributed by atoms with Crippen LogP contribution in [0, 0.1) is 12.7 Å². The Balaban J connectivity index is 2.18. The van der Waals surface area contributed by atoms with Gasteiger partial charge in [-0.25, -0.2) is 4.39 Å². The molecule has 0 bridgehead atoms. The monoisotopic (exact) mass is 376 g/mol. The first-order valence-corrected chi connectivity index (χ1v) is 8.08. The van der Waals surface area contributed by atoms with Crippen molar-refractivity contribution in [2.24, 2.45) is 5.73 Å². The molecule has 3 rings (SSSR count). The zero-order chi connectivity index (χ0) is 16.6. The van der Waals surface area contributed by atoms with Crippen molar-refractivity contribution < 1.29 is 9.13 Å². The molecular weight excluding hydrogens is 359 g/mol. The van der Waals surface area contributed by atoms with Gasteiger partial charge in [0.2, 0.25) is 0 Å². The van der Waals surface area contributed by atoms with Gasteiger partial charge >= 0.3 is 0 Å². The number of hydrogen-bond donors (Lipinski definition) is 2. The van der Waals surface area contributed by atoms with Gasteiger partial charge in [0.05, 0.1) is 22.8 Å². The van der Waals surface area contributed by atoms with Gasteiger partial charge in [-0.05, 0) is 63.8 Å². The van der Waals surface area contributed by atoms with Crippen molar-refractivity contribution in [1.29, 1.82) is 0 Å². The van der Waals surface area contributed by atoms with E-state index in [9.17, 15) is 4.39 Å². The highest BCUT2D eigenvalue weighted by molar-refractivity contribution is 9.10. The number of hydrogen-bond acceptors (Lipinski definition) is 3. The molecule has 0 unspecified atom stereocenters. The second kappa shape index (κ2) is 5.89. The molecule has 1 heterocycles. The minimum atomic E-state index is -0.433. The molecule has 0 radical (unpaired) electrons. The Hall–Kier alpha value is -2.01. The number of nitrogens with two attached hydrogens (primary N) is 1. The second-order valence-electron chi connectivity index (χ2n) is 5.74. The summed E-state index contributed by atoms with van der Waals surface area (Å²) in [5.74, 6) is 1.18. The van der Waals surface area contributed by atoms with Crippen molar-refractivity contribution in [3.63, 3.8) is 0 Å². The molecule has 0 saturated carbocycles. The van der Waals surface area contributed by atoms with Crippen LogP contribution in [-0.4, -0.2) is 13.7 Å². The van der Waals surface area contributed by atoms with Crippen molar-refractivity contribution in [3.05, 3.63) is 75.3 Å². The van der Waals surface area contributed by atoms with Gasteiger partial charge in [0, 0.05) is 6.54 Å². The van der Waals surface area contributed by atoms with E-state index in [1.165, 1.54) is 6.07 Å². The molecule has 0 fully saturated rings. The molecule has 0 amide bonds. The van der Waals surface area contributed by atoms with E-state index in [0.29, 0.717) is 16.8 Å². The first-order valence-electron chi connectivity index (χ1n) is 7.29. The van der Waals surface area contributed by atoms with Crippen LogP contribution in [-0.2, 0) is 5.41 Å². The van der Waals surface area contributed by atoms with Crippen molar-refractivity contribution in [1.82, 2.24) is 5.32 Å².